The smallest absolute Gasteiger partial charge is 0.270 e. The summed E-state index contributed by atoms with van der Waals surface area (Å²) in [5.41, 5.74) is 0.448. The fourth-order valence-corrected chi connectivity index (χ4v) is 6.19. The Bertz CT molecular complexity index is 676. The molecule has 1 aromatic rings. The molecule has 0 aliphatic heterocycles. The number of carbonyl (C=O) groups is 2. The lowest BCUT2D eigenvalue weighted by Gasteiger charge is -2.22. The van der Waals surface area contributed by atoms with Gasteiger partial charge in [0, 0.05) is 17.3 Å². The van der Waals surface area contributed by atoms with Crippen molar-refractivity contribution < 1.29 is 30.0 Å². The van der Waals surface area contributed by atoms with E-state index in [9.17, 15) is 19.8 Å². The molecule has 1 rings (SSSR count). The molecule has 0 aromatic heterocycles. The van der Waals surface area contributed by atoms with E-state index < -0.39 is 37.2 Å². The summed E-state index contributed by atoms with van der Waals surface area (Å²) in [6, 6.07) is 1.64. The molecular weight excluding hydrogens is 687 g/mol. The molecule has 2 unspecified atom stereocenters. The van der Waals surface area contributed by atoms with Crippen LogP contribution in [0.25, 0.3) is 0 Å². The number of carbonyl (C=O) groups excluding carboxylic acids is 2. The number of aliphatic hydroxyl groups is 4. The molecule has 0 saturated heterocycles. The molecule has 0 bridgehead atoms. The molecule has 12 heteroatoms. The minimum atomic E-state index is -1.18. The third-order valence-electron chi connectivity index (χ3n) is 3.20. The van der Waals surface area contributed by atoms with Gasteiger partial charge in [-0.15, -0.1) is 0 Å². The average molecular weight is 705 g/mol. The number of hydrogen-bond donors (Lipinski definition) is 6. The van der Waals surface area contributed by atoms with Gasteiger partial charge in [0.1, 0.15) is 0 Å². The molecule has 0 heterocycles. The first-order valence-electron chi connectivity index (χ1n) is 7.24. The van der Waals surface area contributed by atoms with E-state index in [1.807, 2.05) is 67.8 Å². The van der Waals surface area contributed by atoms with Crippen molar-refractivity contribution in [3.05, 3.63) is 27.9 Å². The van der Waals surface area contributed by atoms with Gasteiger partial charge >= 0.3 is 0 Å². The topological polar surface area (TPSA) is 156 Å². The first kappa shape index (κ1) is 24.2. The first-order valence-corrected chi connectivity index (χ1v) is 10.5. The lowest BCUT2D eigenvalue weighted by Crippen LogP contribution is -2.44. The third-order valence-corrected chi connectivity index (χ3v) is 5.98. The summed E-state index contributed by atoms with van der Waals surface area (Å²) in [7, 11) is 0. The Morgan fingerprint density at radius 1 is 1.08 bits per heavy atom. The molecule has 0 spiro atoms. The van der Waals surface area contributed by atoms with Crippen molar-refractivity contribution in [2.75, 3.05) is 26.3 Å². The summed E-state index contributed by atoms with van der Waals surface area (Å²) in [4.78, 5) is 25.1. The summed E-state index contributed by atoms with van der Waals surface area (Å²) in [5, 5.41) is 39.8. The number of aliphatic hydroxyl groups excluding tert-OH is 4. The molecule has 26 heavy (non-hydrogen) atoms. The van der Waals surface area contributed by atoms with E-state index >= 15 is 0 Å². The van der Waals surface area contributed by atoms with Crippen LogP contribution in [0, 0.1) is 10.7 Å². The van der Waals surface area contributed by atoms with E-state index in [1.165, 1.54) is 0 Å². The summed E-state index contributed by atoms with van der Waals surface area (Å²) in [6.45, 7) is -1.43. The third kappa shape index (κ3) is 6.35. The van der Waals surface area contributed by atoms with E-state index in [0.29, 0.717) is 10.7 Å². The Balaban J connectivity index is 3.19. The SMILES string of the molecule is NN(CC(O)CO)C(=O)c1c(I)cc(I)c(C(=O)NCC(O)CO)c1I. The molecule has 0 radical (unpaired) electrons. The van der Waals surface area contributed by atoms with Crippen LogP contribution in [0.3, 0.4) is 0 Å². The van der Waals surface area contributed by atoms with Crippen molar-refractivity contribution in [3.8, 4) is 0 Å². The van der Waals surface area contributed by atoms with Crippen molar-refractivity contribution in [2.45, 2.75) is 12.2 Å². The number of rotatable bonds is 8. The molecule has 0 aliphatic rings. The predicted octanol–water partition coefficient (Wildman–Crippen LogP) is -0.748. The van der Waals surface area contributed by atoms with Crippen molar-refractivity contribution in [1.29, 1.82) is 0 Å². The zero-order chi connectivity index (χ0) is 20.0. The van der Waals surface area contributed by atoms with Gasteiger partial charge in [-0.1, -0.05) is 0 Å². The molecule has 0 fully saturated rings. The van der Waals surface area contributed by atoms with Crippen LogP contribution in [0.2, 0.25) is 0 Å². The highest BCUT2D eigenvalue weighted by molar-refractivity contribution is 14.1. The first-order chi connectivity index (χ1) is 12.1. The van der Waals surface area contributed by atoms with Gasteiger partial charge in [-0.25, -0.2) is 5.84 Å². The number of hydrogen-bond acceptors (Lipinski definition) is 7. The molecule has 0 aliphatic carbocycles. The number of nitrogens with one attached hydrogen (secondary N) is 1. The largest absolute Gasteiger partial charge is 0.394 e. The Kier molecular flexibility index (Phi) is 10.4. The standard InChI is InChI=1S/C14H18I3N3O6/c15-8-1-9(16)11(14(26)20(18)3-7(24)5-22)12(17)10(8)13(25)19-2-6(23)4-21/h1,6-7,21-24H,2-5,18H2,(H,19,25). The Morgan fingerprint density at radius 3 is 2.15 bits per heavy atom. The normalized spacial score (nSPS) is 13.2. The second kappa shape index (κ2) is 11.2. The second-order valence-electron chi connectivity index (χ2n) is 5.24. The molecule has 2 atom stereocenters. The quantitative estimate of drug-likeness (QED) is 0.0901. The fraction of sp³-hybridized carbons (Fsp3) is 0.429. The van der Waals surface area contributed by atoms with Crippen molar-refractivity contribution in [2.24, 2.45) is 5.84 Å². The van der Waals surface area contributed by atoms with Crippen molar-refractivity contribution >= 4 is 79.6 Å². The maximum atomic E-state index is 12.6. The molecular formula is C14H18I3N3O6. The molecule has 146 valence electrons. The van der Waals surface area contributed by atoms with Crippen LogP contribution < -0.4 is 11.2 Å². The number of amides is 2. The highest BCUT2D eigenvalue weighted by atomic mass is 127. The van der Waals surface area contributed by atoms with Gasteiger partial charge in [0.2, 0.25) is 0 Å². The summed E-state index contributed by atoms with van der Waals surface area (Å²) in [5.74, 6) is 4.58. The average Bonchev–Trinajstić information content (AvgIpc) is 2.58. The van der Waals surface area contributed by atoms with Crippen LogP contribution in [-0.4, -0.2) is 75.8 Å². The van der Waals surface area contributed by atoms with Crippen LogP contribution >= 0.6 is 67.8 Å². The van der Waals surface area contributed by atoms with Gasteiger partial charge in [-0.05, 0) is 73.8 Å². The van der Waals surface area contributed by atoms with Gasteiger partial charge in [-0.3, -0.25) is 14.6 Å². The van der Waals surface area contributed by atoms with Crippen LogP contribution in [0.1, 0.15) is 20.7 Å². The van der Waals surface area contributed by atoms with Gasteiger partial charge in [0.25, 0.3) is 11.8 Å². The molecule has 2 amide bonds. The number of benzene rings is 1. The zero-order valence-corrected chi connectivity index (χ0v) is 19.8. The Morgan fingerprint density at radius 2 is 1.62 bits per heavy atom. The van der Waals surface area contributed by atoms with Gasteiger partial charge < -0.3 is 25.7 Å². The summed E-state index contributed by atoms with van der Waals surface area (Å²) >= 11 is 5.79. The van der Waals surface area contributed by atoms with E-state index in [-0.39, 0.29) is 24.2 Å². The summed E-state index contributed by atoms with van der Waals surface area (Å²) in [6.07, 6.45) is -2.26. The highest BCUT2D eigenvalue weighted by Gasteiger charge is 2.26. The lowest BCUT2D eigenvalue weighted by molar-refractivity contribution is 0.0457. The van der Waals surface area contributed by atoms with E-state index in [2.05, 4.69) is 5.32 Å². The van der Waals surface area contributed by atoms with Gasteiger partial charge in [0.15, 0.2) is 0 Å². The van der Waals surface area contributed by atoms with Gasteiger partial charge in [-0.2, -0.15) is 0 Å². The van der Waals surface area contributed by atoms with Crippen molar-refractivity contribution in [3.63, 3.8) is 0 Å². The monoisotopic (exact) mass is 705 g/mol. The molecule has 7 N–H and O–H groups in total. The Hall–Kier alpha value is 0.150. The minimum Gasteiger partial charge on any atom is -0.394 e. The Labute approximate surface area is 190 Å². The number of nitrogens with zero attached hydrogens (tertiary/aromatic N) is 1. The van der Waals surface area contributed by atoms with Crippen molar-refractivity contribution in [1.82, 2.24) is 10.3 Å². The van der Waals surface area contributed by atoms with Crippen LogP contribution in [0.15, 0.2) is 6.07 Å². The predicted molar refractivity (Wildman–Crippen MR) is 118 cm³/mol. The van der Waals surface area contributed by atoms with E-state index in [1.54, 1.807) is 6.07 Å². The molecule has 9 nitrogen and oxygen atoms in total. The minimum absolute atomic E-state index is 0.136. The van der Waals surface area contributed by atoms with Crippen LogP contribution in [0.5, 0.6) is 0 Å². The second-order valence-corrected chi connectivity index (χ2v) is 8.65. The lowest BCUT2D eigenvalue weighted by atomic mass is 10.1. The van der Waals surface area contributed by atoms with Crippen LogP contribution in [0.4, 0.5) is 0 Å². The molecule has 0 saturated carbocycles. The number of nitrogens with two attached hydrogens (primary N) is 1. The maximum Gasteiger partial charge on any atom is 0.270 e. The van der Waals surface area contributed by atoms with E-state index in [0.717, 1.165) is 5.01 Å². The van der Waals surface area contributed by atoms with Crippen LogP contribution in [-0.2, 0) is 0 Å². The fourth-order valence-electron chi connectivity index (χ4n) is 1.87. The molecule has 1 aromatic carbocycles. The highest BCUT2D eigenvalue weighted by Crippen LogP contribution is 2.28. The summed E-state index contributed by atoms with van der Waals surface area (Å²) < 4.78 is 1.54. The maximum absolute atomic E-state index is 12.6. The van der Waals surface area contributed by atoms with Gasteiger partial charge in [0.05, 0.1) is 43.1 Å². The van der Waals surface area contributed by atoms with E-state index in [4.69, 9.17) is 16.1 Å². The number of halogens is 3. The zero-order valence-electron chi connectivity index (χ0n) is 13.3. The number of hydrazine groups is 1.